The molecule has 2 atom stereocenters. The molecule has 1 heterocycles. The first-order chi connectivity index (χ1) is 9.61. The Kier molecular flexibility index (Phi) is 5.15. The molecule has 20 heavy (non-hydrogen) atoms. The van der Waals surface area contributed by atoms with Crippen LogP contribution in [0.25, 0.3) is 0 Å². The summed E-state index contributed by atoms with van der Waals surface area (Å²) in [6.07, 6.45) is 0. The Morgan fingerprint density at radius 2 is 2.00 bits per heavy atom. The molecule has 4 heteroatoms. The number of rotatable bonds is 6. The molecule has 0 amide bonds. The molecule has 0 spiro atoms. The van der Waals surface area contributed by atoms with Crippen LogP contribution >= 0.6 is 11.3 Å². The maximum absolute atomic E-state index is 5.70. The summed E-state index contributed by atoms with van der Waals surface area (Å²) < 4.78 is 5.70. The van der Waals surface area contributed by atoms with E-state index in [0.717, 1.165) is 16.5 Å². The van der Waals surface area contributed by atoms with Crippen LogP contribution in [0.4, 0.5) is 0 Å². The molecule has 0 aliphatic rings. The maximum atomic E-state index is 5.70. The van der Waals surface area contributed by atoms with E-state index in [1.165, 1.54) is 5.56 Å². The number of aryl methyl sites for hydroxylation is 1. The number of aromatic nitrogens is 1. The Bertz CT molecular complexity index is 553. The molecule has 2 rings (SSSR count). The molecule has 2 aromatic rings. The fourth-order valence-electron chi connectivity index (χ4n) is 2.23. The summed E-state index contributed by atoms with van der Waals surface area (Å²) in [6, 6.07) is 8.65. The summed E-state index contributed by atoms with van der Waals surface area (Å²) in [4.78, 5) is 4.54. The topological polar surface area (TPSA) is 34.1 Å². The van der Waals surface area contributed by atoms with E-state index in [9.17, 15) is 0 Å². The zero-order valence-corrected chi connectivity index (χ0v) is 13.3. The third-order valence-electron chi connectivity index (χ3n) is 3.19. The van der Waals surface area contributed by atoms with Crippen molar-refractivity contribution in [1.29, 1.82) is 0 Å². The second-order valence-corrected chi connectivity index (χ2v) is 5.80. The molecule has 3 nitrogen and oxygen atoms in total. The smallest absolute Gasteiger partial charge is 0.124 e. The molecule has 0 saturated carbocycles. The Morgan fingerprint density at radius 1 is 1.25 bits per heavy atom. The summed E-state index contributed by atoms with van der Waals surface area (Å²) in [5, 5.41) is 6.81. The van der Waals surface area contributed by atoms with Gasteiger partial charge < -0.3 is 10.1 Å². The van der Waals surface area contributed by atoms with E-state index >= 15 is 0 Å². The fourth-order valence-corrected chi connectivity index (χ4v) is 3.05. The number of hydrogen-bond donors (Lipinski definition) is 1. The van der Waals surface area contributed by atoms with Crippen LogP contribution < -0.4 is 10.1 Å². The highest BCUT2D eigenvalue weighted by Crippen LogP contribution is 2.27. The van der Waals surface area contributed by atoms with E-state index in [-0.39, 0.29) is 12.1 Å². The van der Waals surface area contributed by atoms with Crippen molar-refractivity contribution < 1.29 is 4.74 Å². The predicted octanol–water partition coefficient (Wildman–Crippen LogP) is 4.26. The zero-order valence-electron chi connectivity index (χ0n) is 12.5. The lowest BCUT2D eigenvalue weighted by molar-refractivity contribution is 0.331. The molecular weight excluding hydrogens is 268 g/mol. The van der Waals surface area contributed by atoms with Crippen LogP contribution in [0.3, 0.4) is 0 Å². The van der Waals surface area contributed by atoms with Crippen LogP contribution in [0.1, 0.15) is 49.1 Å². The van der Waals surface area contributed by atoms with E-state index in [1.54, 1.807) is 11.3 Å². The van der Waals surface area contributed by atoms with Crippen molar-refractivity contribution in [2.75, 3.05) is 6.61 Å². The van der Waals surface area contributed by atoms with Gasteiger partial charge >= 0.3 is 0 Å². The minimum absolute atomic E-state index is 0.219. The minimum atomic E-state index is 0.219. The molecule has 0 radical (unpaired) electrons. The average molecular weight is 290 g/mol. The molecule has 1 aromatic heterocycles. The van der Waals surface area contributed by atoms with Gasteiger partial charge in [-0.25, -0.2) is 4.98 Å². The van der Waals surface area contributed by atoms with Crippen molar-refractivity contribution in [3.05, 3.63) is 45.9 Å². The fraction of sp³-hybridized carbons (Fsp3) is 0.438. The van der Waals surface area contributed by atoms with Crippen LogP contribution in [-0.4, -0.2) is 11.6 Å². The molecule has 2 unspecified atom stereocenters. The van der Waals surface area contributed by atoms with E-state index in [1.807, 2.05) is 32.0 Å². The Labute approximate surface area is 125 Å². The highest BCUT2D eigenvalue weighted by atomic mass is 32.1. The number of nitrogens with one attached hydrogen (secondary N) is 1. The first-order valence-corrected chi connectivity index (χ1v) is 7.89. The summed E-state index contributed by atoms with van der Waals surface area (Å²) in [5.74, 6) is 0.956. The second-order valence-electron chi connectivity index (χ2n) is 4.91. The lowest BCUT2D eigenvalue weighted by atomic mass is 10.1. The number of benzene rings is 1. The van der Waals surface area contributed by atoms with E-state index in [2.05, 4.69) is 35.6 Å². The van der Waals surface area contributed by atoms with Crippen molar-refractivity contribution in [2.45, 2.75) is 39.8 Å². The summed E-state index contributed by atoms with van der Waals surface area (Å²) in [7, 11) is 0. The lowest BCUT2D eigenvalue weighted by Gasteiger charge is -2.21. The Morgan fingerprint density at radius 3 is 2.65 bits per heavy atom. The van der Waals surface area contributed by atoms with Gasteiger partial charge in [0.15, 0.2) is 0 Å². The SMILES string of the molecule is CCOc1ccccc1C(C)NC(C)c1nc(C)cs1. The molecule has 108 valence electrons. The van der Waals surface area contributed by atoms with Gasteiger partial charge in [-0.15, -0.1) is 11.3 Å². The van der Waals surface area contributed by atoms with Gasteiger partial charge in [-0.2, -0.15) is 0 Å². The number of para-hydroxylation sites is 1. The second kappa shape index (κ2) is 6.86. The monoisotopic (exact) mass is 290 g/mol. The molecule has 0 saturated heterocycles. The van der Waals surface area contributed by atoms with Crippen LogP contribution in [0, 0.1) is 6.92 Å². The normalized spacial score (nSPS) is 14.0. The number of ether oxygens (including phenoxy) is 1. The van der Waals surface area contributed by atoms with Crippen LogP contribution in [0.15, 0.2) is 29.6 Å². The van der Waals surface area contributed by atoms with Crippen molar-refractivity contribution in [1.82, 2.24) is 10.3 Å². The van der Waals surface area contributed by atoms with E-state index < -0.39 is 0 Å². The predicted molar refractivity (Wildman–Crippen MR) is 84.4 cm³/mol. The number of nitrogens with zero attached hydrogens (tertiary/aromatic N) is 1. The van der Waals surface area contributed by atoms with Crippen molar-refractivity contribution in [2.24, 2.45) is 0 Å². The highest BCUT2D eigenvalue weighted by Gasteiger charge is 2.16. The van der Waals surface area contributed by atoms with Crippen LogP contribution in [-0.2, 0) is 0 Å². The Hall–Kier alpha value is -1.39. The van der Waals surface area contributed by atoms with E-state index in [4.69, 9.17) is 4.74 Å². The zero-order chi connectivity index (χ0) is 14.5. The van der Waals surface area contributed by atoms with E-state index in [0.29, 0.717) is 6.61 Å². The Balaban J connectivity index is 2.09. The number of hydrogen-bond acceptors (Lipinski definition) is 4. The molecule has 0 aliphatic carbocycles. The van der Waals surface area contributed by atoms with Crippen molar-refractivity contribution >= 4 is 11.3 Å². The summed E-state index contributed by atoms with van der Waals surface area (Å²) in [6.45, 7) is 9.04. The first-order valence-electron chi connectivity index (χ1n) is 7.01. The van der Waals surface area contributed by atoms with Gasteiger partial charge in [0.05, 0.1) is 12.6 Å². The van der Waals surface area contributed by atoms with Gasteiger partial charge in [-0.3, -0.25) is 0 Å². The van der Waals surface area contributed by atoms with Gasteiger partial charge in [0, 0.05) is 22.7 Å². The maximum Gasteiger partial charge on any atom is 0.124 e. The van der Waals surface area contributed by atoms with Gasteiger partial charge in [0.25, 0.3) is 0 Å². The first kappa shape index (κ1) is 15.0. The van der Waals surface area contributed by atoms with Gasteiger partial charge in [0.1, 0.15) is 10.8 Å². The largest absolute Gasteiger partial charge is 0.494 e. The van der Waals surface area contributed by atoms with Gasteiger partial charge in [-0.05, 0) is 33.8 Å². The molecule has 0 aliphatic heterocycles. The van der Waals surface area contributed by atoms with Crippen LogP contribution in [0.5, 0.6) is 5.75 Å². The lowest BCUT2D eigenvalue weighted by Crippen LogP contribution is -2.23. The van der Waals surface area contributed by atoms with Gasteiger partial charge in [-0.1, -0.05) is 18.2 Å². The standard InChI is InChI=1S/C16H22N2OS/c1-5-19-15-9-7-6-8-14(15)12(3)18-13(4)16-17-11(2)10-20-16/h6-10,12-13,18H,5H2,1-4H3. The number of thiazole rings is 1. The third-order valence-corrected chi connectivity index (χ3v) is 4.34. The average Bonchev–Trinajstić information content (AvgIpc) is 2.86. The minimum Gasteiger partial charge on any atom is -0.494 e. The van der Waals surface area contributed by atoms with Gasteiger partial charge in [0.2, 0.25) is 0 Å². The summed E-state index contributed by atoms with van der Waals surface area (Å²) in [5.41, 5.74) is 2.27. The third kappa shape index (κ3) is 3.58. The molecule has 0 fully saturated rings. The molecule has 1 aromatic carbocycles. The highest BCUT2D eigenvalue weighted by molar-refractivity contribution is 7.09. The quantitative estimate of drug-likeness (QED) is 0.863. The molecule has 1 N–H and O–H groups in total. The molecular formula is C16H22N2OS. The summed E-state index contributed by atoms with van der Waals surface area (Å²) >= 11 is 1.70. The van der Waals surface area contributed by atoms with Crippen molar-refractivity contribution in [3.63, 3.8) is 0 Å². The van der Waals surface area contributed by atoms with Crippen molar-refractivity contribution in [3.8, 4) is 5.75 Å². The molecule has 0 bridgehead atoms. The van der Waals surface area contributed by atoms with Crippen LogP contribution in [0.2, 0.25) is 0 Å².